The third-order valence-corrected chi connectivity index (χ3v) is 5.61. The lowest BCUT2D eigenvalue weighted by Gasteiger charge is -2.35. The largest absolute Gasteiger partial charge is 0.495 e. The van der Waals surface area contributed by atoms with Gasteiger partial charge in [-0.05, 0) is 37.1 Å². The van der Waals surface area contributed by atoms with Crippen molar-refractivity contribution < 1.29 is 9.53 Å². The van der Waals surface area contributed by atoms with Crippen molar-refractivity contribution in [2.75, 3.05) is 61.5 Å². The number of benzene rings is 1. The number of rotatable bonds is 4. The van der Waals surface area contributed by atoms with Gasteiger partial charge in [-0.2, -0.15) is 4.98 Å². The lowest BCUT2D eigenvalue weighted by atomic mass is 10.3. The van der Waals surface area contributed by atoms with E-state index in [4.69, 9.17) is 21.3 Å². The Morgan fingerprint density at radius 2 is 1.83 bits per heavy atom. The summed E-state index contributed by atoms with van der Waals surface area (Å²) in [6.07, 6.45) is 4.21. The summed E-state index contributed by atoms with van der Waals surface area (Å²) < 4.78 is 5.14. The number of urea groups is 1. The number of nitrogens with zero attached hydrogens (tertiary/aromatic N) is 5. The van der Waals surface area contributed by atoms with Gasteiger partial charge >= 0.3 is 6.03 Å². The Balaban J connectivity index is 1.34. The van der Waals surface area contributed by atoms with Gasteiger partial charge in [-0.3, -0.25) is 0 Å². The first-order valence-electron chi connectivity index (χ1n) is 9.86. The number of hydrogen-bond acceptors (Lipinski definition) is 6. The highest BCUT2D eigenvalue weighted by atomic mass is 35.5. The first kappa shape index (κ1) is 19.6. The van der Waals surface area contributed by atoms with E-state index in [2.05, 4.69) is 20.1 Å². The molecule has 1 aromatic carbocycles. The monoisotopic (exact) mass is 416 g/mol. The van der Waals surface area contributed by atoms with Crippen molar-refractivity contribution in [3.8, 4) is 5.75 Å². The molecule has 0 bridgehead atoms. The molecule has 0 atom stereocenters. The molecule has 4 rings (SSSR count). The summed E-state index contributed by atoms with van der Waals surface area (Å²) in [7, 11) is 1.56. The van der Waals surface area contributed by atoms with Crippen LogP contribution in [0, 0.1) is 0 Å². The molecule has 0 saturated carbocycles. The minimum absolute atomic E-state index is 0.133. The van der Waals surface area contributed by atoms with Crippen LogP contribution in [-0.2, 0) is 0 Å². The zero-order valence-corrected chi connectivity index (χ0v) is 17.2. The van der Waals surface area contributed by atoms with Crippen LogP contribution >= 0.6 is 11.6 Å². The van der Waals surface area contributed by atoms with Crippen molar-refractivity contribution in [1.82, 2.24) is 14.9 Å². The van der Waals surface area contributed by atoms with Gasteiger partial charge in [0.25, 0.3) is 0 Å². The third-order valence-electron chi connectivity index (χ3n) is 5.31. The summed E-state index contributed by atoms with van der Waals surface area (Å²) in [6.45, 7) is 4.75. The summed E-state index contributed by atoms with van der Waals surface area (Å²) in [4.78, 5) is 28.0. The van der Waals surface area contributed by atoms with Gasteiger partial charge in [0, 0.05) is 51.2 Å². The lowest BCUT2D eigenvalue weighted by Crippen LogP contribution is -2.50. The normalized spacial score (nSPS) is 16.8. The SMILES string of the molecule is COc1ccc(NC(=O)N2CCN(c3ccnc(N4CCCC4)n3)CC2)cc1Cl. The van der Waals surface area contributed by atoms with Crippen molar-refractivity contribution in [2.24, 2.45) is 0 Å². The Labute approximate surface area is 175 Å². The average Bonchev–Trinajstić information content (AvgIpc) is 3.29. The van der Waals surface area contributed by atoms with Crippen LogP contribution in [0.4, 0.5) is 22.2 Å². The summed E-state index contributed by atoms with van der Waals surface area (Å²) in [5.41, 5.74) is 0.647. The number of carbonyl (C=O) groups excluding carboxylic acids is 1. The fourth-order valence-corrected chi connectivity index (χ4v) is 3.93. The second kappa shape index (κ2) is 8.73. The van der Waals surface area contributed by atoms with Crippen LogP contribution in [0.3, 0.4) is 0 Å². The number of hydrogen-bond donors (Lipinski definition) is 1. The number of anilines is 3. The standard InChI is InChI=1S/C20H25ClN6O2/c1-29-17-5-4-15(14-16(17)21)23-20(28)27-12-10-25(11-13-27)18-6-7-22-19(24-18)26-8-2-3-9-26/h4-7,14H,2-3,8-13H2,1H3,(H,23,28). The molecule has 3 heterocycles. The molecule has 0 aliphatic carbocycles. The predicted molar refractivity (Wildman–Crippen MR) is 114 cm³/mol. The molecule has 9 heteroatoms. The lowest BCUT2D eigenvalue weighted by molar-refractivity contribution is 0.208. The molecule has 29 heavy (non-hydrogen) atoms. The predicted octanol–water partition coefficient (Wildman–Crippen LogP) is 3.09. The molecule has 2 aliphatic rings. The highest BCUT2D eigenvalue weighted by Gasteiger charge is 2.23. The number of methoxy groups -OCH3 is 1. The zero-order valence-electron chi connectivity index (χ0n) is 16.5. The molecule has 154 valence electrons. The van der Waals surface area contributed by atoms with E-state index in [0.717, 1.165) is 37.9 Å². The van der Waals surface area contributed by atoms with Crippen molar-refractivity contribution in [3.63, 3.8) is 0 Å². The van der Waals surface area contributed by atoms with Crippen molar-refractivity contribution >= 4 is 35.1 Å². The summed E-state index contributed by atoms with van der Waals surface area (Å²) >= 11 is 6.13. The van der Waals surface area contributed by atoms with E-state index >= 15 is 0 Å². The molecule has 2 aliphatic heterocycles. The Kier molecular flexibility index (Phi) is 5.89. The highest BCUT2D eigenvalue weighted by molar-refractivity contribution is 6.32. The molecule has 2 amide bonds. The molecule has 2 fully saturated rings. The second-order valence-corrected chi connectivity index (χ2v) is 7.57. The molecule has 1 aromatic heterocycles. The van der Waals surface area contributed by atoms with Crippen LogP contribution in [0.25, 0.3) is 0 Å². The van der Waals surface area contributed by atoms with Gasteiger partial charge in [-0.25, -0.2) is 9.78 Å². The summed E-state index contributed by atoms with van der Waals surface area (Å²) in [6, 6.07) is 7.01. The van der Waals surface area contributed by atoms with E-state index in [1.54, 1.807) is 30.2 Å². The molecule has 0 unspecified atom stereocenters. The van der Waals surface area contributed by atoms with Gasteiger partial charge in [0.05, 0.1) is 12.1 Å². The summed E-state index contributed by atoms with van der Waals surface area (Å²) in [5, 5.41) is 3.37. The van der Waals surface area contributed by atoms with E-state index in [-0.39, 0.29) is 6.03 Å². The molecule has 1 N–H and O–H groups in total. The maximum Gasteiger partial charge on any atom is 0.321 e. The average molecular weight is 417 g/mol. The molecule has 0 spiro atoms. The molecule has 2 saturated heterocycles. The first-order valence-corrected chi connectivity index (χ1v) is 10.2. The molecule has 2 aromatic rings. The Hall–Kier alpha value is -2.74. The number of ether oxygens (including phenoxy) is 1. The number of amides is 2. The fraction of sp³-hybridized carbons (Fsp3) is 0.450. The number of piperazine rings is 1. The Morgan fingerprint density at radius 1 is 1.07 bits per heavy atom. The van der Waals surface area contributed by atoms with Gasteiger partial charge < -0.3 is 24.8 Å². The minimum atomic E-state index is -0.133. The van der Waals surface area contributed by atoms with Gasteiger partial charge in [-0.15, -0.1) is 0 Å². The Morgan fingerprint density at radius 3 is 2.52 bits per heavy atom. The fourth-order valence-electron chi connectivity index (χ4n) is 3.67. The van der Waals surface area contributed by atoms with Gasteiger partial charge in [0.1, 0.15) is 11.6 Å². The number of aromatic nitrogens is 2. The third kappa shape index (κ3) is 4.48. The Bertz CT molecular complexity index is 866. The quantitative estimate of drug-likeness (QED) is 0.825. The summed E-state index contributed by atoms with van der Waals surface area (Å²) in [5.74, 6) is 2.30. The van der Waals surface area contributed by atoms with Gasteiger partial charge in [0.15, 0.2) is 0 Å². The minimum Gasteiger partial charge on any atom is -0.495 e. The number of nitrogens with one attached hydrogen (secondary N) is 1. The van der Waals surface area contributed by atoms with E-state index in [9.17, 15) is 4.79 Å². The van der Waals surface area contributed by atoms with Crippen LogP contribution < -0.4 is 19.9 Å². The van der Waals surface area contributed by atoms with Crippen LogP contribution in [0.2, 0.25) is 5.02 Å². The molecular weight excluding hydrogens is 392 g/mol. The topological polar surface area (TPSA) is 73.8 Å². The van der Waals surface area contributed by atoms with Crippen LogP contribution in [-0.4, -0.2) is 67.3 Å². The van der Waals surface area contributed by atoms with E-state index in [0.29, 0.717) is 29.5 Å². The zero-order chi connectivity index (χ0) is 20.2. The number of halogens is 1. The van der Waals surface area contributed by atoms with Crippen molar-refractivity contribution in [2.45, 2.75) is 12.8 Å². The molecule has 8 nitrogen and oxygen atoms in total. The van der Waals surface area contributed by atoms with Crippen molar-refractivity contribution in [1.29, 1.82) is 0 Å². The van der Waals surface area contributed by atoms with E-state index in [1.807, 2.05) is 12.3 Å². The smallest absolute Gasteiger partial charge is 0.321 e. The second-order valence-electron chi connectivity index (χ2n) is 7.16. The van der Waals surface area contributed by atoms with Crippen molar-refractivity contribution in [3.05, 3.63) is 35.5 Å². The van der Waals surface area contributed by atoms with E-state index < -0.39 is 0 Å². The maximum atomic E-state index is 12.6. The van der Waals surface area contributed by atoms with E-state index in [1.165, 1.54) is 12.8 Å². The van der Waals surface area contributed by atoms with Crippen LogP contribution in [0.1, 0.15) is 12.8 Å². The molecule has 0 radical (unpaired) electrons. The number of carbonyl (C=O) groups is 1. The van der Waals surface area contributed by atoms with Crippen LogP contribution in [0.15, 0.2) is 30.5 Å². The molecular formula is C20H25ClN6O2. The first-order chi connectivity index (χ1) is 14.1. The van der Waals surface area contributed by atoms with Crippen LogP contribution in [0.5, 0.6) is 5.75 Å². The van der Waals surface area contributed by atoms with Gasteiger partial charge in [-0.1, -0.05) is 11.6 Å². The van der Waals surface area contributed by atoms with Gasteiger partial charge in [0.2, 0.25) is 5.95 Å². The maximum absolute atomic E-state index is 12.6. The highest BCUT2D eigenvalue weighted by Crippen LogP contribution is 2.27.